The number of hydrogen-bond acceptors (Lipinski definition) is 8. The molecule has 4 atom stereocenters. The molecule has 0 radical (unpaired) electrons. The highest BCUT2D eigenvalue weighted by molar-refractivity contribution is 5.95. The fraction of sp³-hybridized carbons (Fsp3) is 0.684. The zero-order chi connectivity index (χ0) is 25.7. The fourth-order valence-corrected chi connectivity index (χ4v) is 2.63. The van der Waals surface area contributed by atoms with Gasteiger partial charge in [-0.25, -0.2) is 0 Å². The van der Waals surface area contributed by atoms with Crippen molar-refractivity contribution in [2.75, 3.05) is 13.2 Å². The Bertz CT molecular complexity index is 729. The quantitative estimate of drug-likeness (QED) is 0.116. The Labute approximate surface area is 191 Å². The summed E-state index contributed by atoms with van der Waals surface area (Å²) in [6, 6.07) is -5.08. The molecule has 0 saturated carbocycles. The van der Waals surface area contributed by atoms with Gasteiger partial charge in [0.25, 0.3) is 0 Å². The average molecular weight is 475 g/mol. The van der Waals surface area contributed by atoms with Gasteiger partial charge in [0.05, 0.1) is 13.2 Å². The molecule has 0 heterocycles. The number of amides is 5. The molecule has 0 aromatic heterocycles. The maximum Gasteiger partial charge on any atom is 0.325 e. The molecular formula is C19H34N6O8. The summed E-state index contributed by atoms with van der Waals surface area (Å²) in [5, 5.41) is 27.7. The summed E-state index contributed by atoms with van der Waals surface area (Å²) in [4.78, 5) is 71.2. The summed E-state index contributed by atoms with van der Waals surface area (Å²) in [5.41, 5.74) is 10.3. The van der Waals surface area contributed by atoms with E-state index in [2.05, 4.69) is 21.3 Å². The number of primary amides is 1. The lowest BCUT2D eigenvalue weighted by atomic mass is 10.0. The van der Waals surface area contributed by atoms with E-state index in [0.717, 1.165) is 0 Å². The first-order valence-corrected chi connectivity index (χ1v) is 10.3. The number of nitrogens with one attached hydrogen (secondary N) is 4. The van der Waals surface area contributed by atoms with E-state index in [9.17, 15) is 33.9 Å². The molecule has 5 amide bonds. The summed E-state index contributed by atoms with van der Waals surface area (Å²) < 4.78 is 0. The van der Waals surface area contributed by atoms with Crippen LogP contribution in [-0.2, 0) is 28.8 Å². The van der Waals surface area contributed by atoms with Gasteiger partial charge in [0.15, 0.2) is 0 Å². The molecule has 0 rings (SSSR count). The van der Waals surface area contributed by atoms with Gasteiger partial charge in [-0.1, -0.05) is 13.8 Å². The first-order chi connectivity index (χ1) is 15.3. The molecular weight excluding hydrogens is 440 g/mol. The molecule has 188 valence electrons. The summed E-state index contributed by atoms with van der Waals surface area (Å²) >= 11 is 0. The standard InChI is InChI=1S/C19H34N6O8/c1-9(2)6-12(17(30)22-10(3)19(32)33)24-18(31)13(8-26)25-16(29)11(4-5-14(21)27)23-15(28)7-20/h9-13,26H,4-8,20H2,1-3H3,(H2,21,27)(H,22,30)(H,23,28)(H,24,31)(H,25,29)(H,32,33)/t10-,11-,12-,13-/m0/s1. The van der Waals surface area contributed by atoms with Gasteiger partial charge in [-0.05, 0) is 25.7 Å². The van der Waals surface area contributed by atoms with Crippen LogP contribution < -0.4 is 32.7 Å². The van der Waals surface area contributed by atoms with Crippen LogP contribution in [0.4, 0.5) is 0 Å². The largest absolute Gasteiger partial charge is 0.480 e. The Morgan fingerprint density at radius 2 is 1.33 bits per heavy atom. The summed E-state index contributed by atoms with van der Waals surface area (Å²) in [6.45, 7) is 3.55. The molecule has 0 aliphatic carbocycles. The number of nitrogens with two attached hydrogens (primary N) is 2. The number of aliphatic hydroxyl groups is 1. The van der Waals surface area contributed by atoms with Gasteiger partial charge in [-0.3, -0.25) is 28.8 Å². The third-order valence-corrected chi connectivity index (χ3v) is 4.40. The molecule has 0 fully saturated rings. The fourth-order valence-electron chi connectivity index (χ4n) is 2.63. The van der Waals surface area contributed by atoms with E-state index in [1.807, 2.05) is 0 Å². The van der Waals surface area contributed by atoms with Crippen LogP contribution in [0.5, 0.6) is 0 Å². The highest BCUT2D eigenvalue weighted by Crippen LogP contribution is 2.06. The average Bonchev–Trinajstić information content (AvgIpc) is 2.72. The summed E-state index contributed by atoms with van der Waals surface area (Å²) in [6.07, 6.45) is -0.251. The van der Waals surface area contributed by atoms with Crippen molar-refractivity contribution >= 4 is 35.5 Å². The SMILES string of the molecule is CC(C)C[C@H](NC(=O)[C@H](CO)NC(=O)[C@H](CCC(N)=O)NC(=O)CN)C(=O)N[C@@H](C)C(=O)O. The van der Waals surface area contributed by atoms with Gasteiger partial charge in [-0.2, -0.15) is 0 Å². The number of carbonyl (C=O) groups excluding carboxylic acids is 5. The van der Waals surface area contributed by atoms with Gasteiger partial charge in [0.2, 0.25) is 29.5 Å². The number of carboxylic acids is 1. The number of carboxylic acid groups (broad SMARTS) is 1. The van der Waals surface area contributed by atoms with Gasteiger partial charge in [0, 0.05) is 6.42 Å². The minimum absolute atomic E-state index is 0.0620. The normalized spacial score (nSPS) is 14.4. The Morgan fingerprint density at radius 1 is 0.818 bits per heavy atom. The summed E-state index contributed by atoms with van der Waals surface area (Å²) in [7, 11) is 0. The monoisotopic (exact) mass is 474 g/mol. The van der Waals surface area contributed by atoms with E-state index >= 15 is 0 Å². The molecule has 0 unspecified atom stereocenters. The van der Waals surface area contributed by atoms with Crippen molar-refractivity contribution in [3.63, 3.8) is 0 Å². The zero-order valence-corrected chi connectivity index (χ0v) is 18.9. The first kappa shape index (κ1) is 29.7. The highest BCUT2D eigenvalue weighted by Gasteiger charge is 2.30. The predicted molar refractivity (Wildman–Crippen MR) is 115 cm³/mol. The highest BCUT2D eigenvalue weighted by atomic mass is 16.4. The Hall–Kier alpha value is -3.26. The van der Waals surface area contributed by atoms with Gasteiger partial charge in [0.1, 0.15) is 24.2 Å². The van der Waals surface area contributed by atoms with Crippen molar-refractivity contribution in [1.29, 1.82) is 0 Å². The molecule has 0 spiro atoms. The molecule has 0 aliphatic rings. The Balaban J connectivity index is 5.36. The molecule has 10 N–H and O–H groups in total. The van der Waals surface area contributed by atoms with Crippen molar-refractivity contribution in [1.82, 2.24) is 21.3 Å². The van der Waals surface area contributed by atoms with Crippen molar-refractivity contribution in [3.05, 3.63) is 0 Å². The van der Waals surface area contributed by atoms with E-state index in [1.165, 1.54) is 6.92 Å². The summed E-state index contributed by atoms with van der Waals surface area (Å²) in [5.74, 6) is -5.27. The van der Waals surface area contributed by atoms with Crippen LogP contribution in [0.2, 0.25) is 0 Å². The lowest BCUT2D eigenvalue weighted by Gasteiger charge is -2.25. The van der Waals surface area contributed by atoms with Crippen molar-refractivity contribution < 1.29 is 39.0 Å². The van der Waals surface area contributed by atoms with E-state index < -0.39 is 72.8 Å². The van der Waals surface area contributed by atoms with Crippen molar-refractivity contribution in [2.24, 2.45) is 17.4 Å². The maximum atomic E-state index is 12.6. The van der Waals surface area contributed by atoms with Gasteiger partial charge >= 0.3 is 5.97 Å². The van der Waals surface area contributed by atoms with Crippen molar-refractivity contribution in [2.45, 2.75) is 64.2 Å². The van der Waals surface area contributed by atoms with Crippen molar-refractivity contribution in [3.8, 4) is 0 Å². The van der Waals surface area contributed by atoms with Crippen LogP contribution in [0.15, 0.2) is 0 Å². The predicted octanol–water partition coefficient (Wildman–Crippen LogP) is -3.71. The number of carbonyl (C=O) groups is 6. The number of aliphatic hydroxyl groups excluding tert-OH is 1. The number of rotatable bonds is 15. The second kappa shape index (κ2) is 14.7. The molecule has 33 heavy (non-hydrogen) atoms. The van der Waals surface area contributed by atoms with Crippen LogP contribution in [0.1, 0.15) is 40.0 Å². The van der Waals surface area contributed by atoms with E-state index in [1.54, 1.807) is 13.8 Å². The van der Waals surface area contributed by atoms with Crippen LogP contribution in [0, 0.1) is 5.92 Å². The van der Waals surface area contributed by atoms with Crippen LogP contribution in [0.25, 0.3) is 0 Å². The Kier molecular flexibility index (Phi) is 13.3. The molecule has 0 aromatic rings. The van der Waals surface area contributed by atoms with Crippen LogP contribution in [0.3, 0.4) is 0 Å². The third kappa shape index (κ3) is 11.8. The van der Waals surface area contributed by atoms with Gasteiger partial charge < -0.3 is 42.9 Å². The van der Waals surface area contributed by atoms with E-state index in [0.29, 0.717) is 0 Å². The lowest BCUT2D eigenvalue weighted by Crippen LogP contribution is -2.59. The molecule has 0 aliphatic heterocycles. The molecule has 14 nitrogen and oxygen atoms in total. The topological polar surface area (TPSA) is 243 Å². The first-order valence-electron chi connectivity index (χ1n) is 10.3. The minimum Gasteiger partial charge on any atom is -0.480 e. The molecule has 14 heteroatoms. The minimum atomic E-state index is -1.50. The van der Waals surface area contributed by atoms with Crippen LogP contribution >= 0.6 is 0 Å². The molecule has 0 bridgehead atoms. The molecule has 0 aromatic carbocycles. The Morgan fingerprint density at radius 3 is 1.79 bits per heavy atom. The zero-order valence-electron chi connectivity index (χ0n) is 18.9. The number of aliphatic carboxylic acids is 1. The van der Waals surface area contributed by atoms with E-state index in [-0.39, 0.29) is 25.2 Å². The van der Waals surface area contributed by atoms with Crippen LogP contribution in [-0.4, -0.2) is 83.0 Å². The second-order valence-corrected chi connectivity index (χ2v) is 7.83. The maximum absolute atomic E-state index is 12.6. The van der Waals surface area contributed by atoms with E-state index in [4.69, 9.17) is 16.6 Å². The smallest absolute Gasteiger partial charge is 0.325 e. The van der Waals surface area contributed by atoms with Gasteiger partial charge in [-0.15, -0.1) is 0 Å². The second-order valence-electron chi connectivity index (χ2n) is 7.83. The lowest BCUT2D eigenvalue weighted by molar-refractivity contribution is -0.142. The molecule has 0 saturated heterocycles. The number of hydrogen-bond donors (Lipinski definition) is 8. The third-order valence-electron chi connectivity index (χ3n) is 4.40.